The fraction of sp³-hybridized carbons (Fsp3) is 0.353. The highest BCUT2D eigenvalue weighted by atomic mass is 32.1. The number of nitrogens with zero attached hydrogens (tertiary/aromatic N) is 1. The first kappa shape index (κ1) is 14.8. The third-order valence-corrected chi connectivity index (χ3v) is 4.34. The van der Waals surface area contributed by atoms with Crippen LogP contribution in [-0.4, -0.2) is 19.4 Å². The summed E-state index contributed by atoms with van der Waals surface area (Å²) >= 11 is 1.69. The molecule has 2 aromatic rings. The minimum absolute atomic E-state index is 0.188. The van der Waals surface area contributed by atoms with Crippen LogP contribution in [0.15, 0.2) is 24.3 Å². The van der Waals surface area contributed by atoms with Crippen molar-refractivity contribution in [1.82, 2.24) is 0 Å². The van der Waals surface area contributed by atoms with E-state index in [-0.39, 0.29) is 5.78 Å². The fourth-order valence-corrected chi connectivity index (χ4v) is 3.41. The second-order valence-corrected chi connectivity index (χ2v) is 6.91. The molecule has 1 aromatic carbocycles. The Kier molecular flexibility index (Phi) is 4.29. The molecule has 0 amide bonds. The topological polar surface area (TPSA) is 20.3 Å². The van der Waals surface area contributed by atoms with Gasteiger partial charge in [0, 0.05) is 28.1 Å². The molecule has 0 radical (unpaired) electrons. The summed E-state index contributed by atoms with van der Waals surface area (Å²) in [5, 5.41) is 0. The van der Waals surface area contributed by atoms with Gasteiger partial charge in [-0.15, -0.1) is 11.3 Å². The molecule has 1 aromatic heterocycles. The minimum atomic E-state index is 0.188. The summed E-state index contributed by atoms with van der Waals surface area (Å²) in [6, 6.07) is 8.38. The van der Waals surface area contributed by atoms with E-state index in [1.807, 2.05) is 31.9 Å². The van der Waals surface area contributed by atoms with Crippen molar-refractivity contribution < 1.29 is 4.79 Å². The van der Waals surface area contributed by atoms with Crippen LogP contribution in [0.4, 0.5) is 5.69 Å². The van der Waals surface area contributed by atoms with E-state index in [2.05, 4.69) is 32.0 Å². The third kappa shape index (κ3) is 3.28. The lowest BCUT2D eigenvalue weighted by atomic mass is 10.1. The first-order valence-electron chi connectivity index (χ1n) is 6.76. The highest BCUT2D eigenvalue weighted by Crippen LogP contribution is 2.22. The van der Waals surface area contributed by atoms with Crippen molar-refractivity contribution >= 4 is 22.8 Å². The maximum atomic E-state index is 12.4. The lowest BCUT2D eigenvalue weighted by Gasteiger charge is -2.19. The van der Waals surface area contributed by atoms with E-state index in [9.17, 15) is 4.79 Å². The Bertz CT molecular complexity index is 622. The molecular formula is C17H21NOS. The molecule has 106 valence electrons. The van der Waals surface area contributed by atoms with E-state index in [0.29, 0.717) is 6.54 Å². The Balaban J connectivity index is 2.17. The predicted molar refractivity (Wildman–Crippen MR) is 87.3 cm³/mol. The molecule has 0 saturated heterocycles. The largest absolute Gasteiger partial charge is 0.367 e. The van der Waals surface area contributed by atoms with E-state index in [4.69, 9.17) is 0 Å². The zero-order chi connectivity index (χ0) is 14.9. The Labute approximate surface area is 125 Å². The van der Waals surface area contributed by atoms with Crippen molar-refractivity contribution in [1.29, 1.82) is 0 Å². The first-order valence-corrected chi connectivity index (χ1v) is 7.58. The number of rotatable bonds is 4. The number of likely N-dealkylation sites (N-methyl/N-ethyl adjacent to an activating group) is 1. The standard InChI is InChI=1S/C17H21NOS/c1-11-6-12(2)8-15(7-11)18(5)10-17(19)16-9-13(3)20-14(16)4/h6-9H,10H2,1-5H3. The molecule has 0 aliphatic carbocycles. The summed E-state index contributed by atoms with van der Waals surface area (Å²) in [6.45, 7) is 8.64. The number of hydrogen-bond acceptors (Lipinski definition) is 3. The number of ketones is 1. The molecule has 20 heavy (non-hydrogen) atoms. The Hall–Kier alpha value is -1.61. The van der Waals surface area contributed by atoms with Gasteiger partial charge < -0.3 is 4.90 Å². The molecule has 2 rings (SSSR count). The van der Waals surface area contributed by atoms with E-state index < -0.39 is 0 Å². The Morgan fingerprint density at radius 1 is 1.05 bits per heavy atom. The average Bonchev–Trinajstić information content (AvgIpc) is 2.67. The van der Waals surface area contributed by atoms with Crippen LogP contribution in [0.3, 0.4) is 0 Å². The van der Waals surface area contributed by atoms with Crippen molar-refractivity contribution in [2.45, 2.75) is 27.7 Å². The van der Waals surface area contributed by atoms with Gasteiger partial charge in [-0.25, -0.2) is 0 Å². The molecule has 0 bridgehead atoms. The van der Waals surface area contributed by atoms with Gasteiger partial charge in [0.1, 0.15) is 0 Å². The molecular weight excluding hydrogens is 266 g/mol. The number of anilines is 1. The second-order valence-electron chi connectivity index (χ2n) is 5.45. The molecule has 0 saturated carbocycles. The van der Waals surface area contributed by atoms with Gasteiger partial charge in [0.2, 0.25) is 0 Å². The van der Waals surface area contributed by atoms with Crippen molar-refractivity contribution in [3.63, 3.8) is 0 Å². The lowest BCUT2D eigenvalue weighted by Crippen LogP contribution is -2.25. The van der Waals surface area contributed by atoms with Crippen LogP contribution in [0.1, 0.15) is 31.2 Å². The maximum Gasteiger partial charge on any atom is 0.183 e. The van der Waals surface area contributed by atoms with E-state index in [1.54, 1.807) is 11.3 Å². The monoisotopic (exact) mass is 287 g/mol. The summed E-state index contributed by atoms with van der Waals surface area (Å²) in [5.41, 5.74) is 4.41. The molecule has 3 heteroatoms. The molecule has 0 N–H and O–H groups in total. The van der Waals surface area contributed by atoms with Gasteiger partial charge in [-0.1, -0.05) is 6.07 Å². The van der Waals surface area contributed by atoms with Gasteiger partial charge in [-0.3, -0.25) is 4.79 Å². The fourth-order valence-electron chi connectivity index (χ4n) is 2.47. The summed E-state index contributed by atoms with van der Waals surface area (Å²) in [5.74, 6) is 0.188. The molecule has 0 aliphatic rings. The lowest BCUT2D eigenvalue weighted by molar-refractivity contribution is 0.1000. The van der Waals surface area contributed by atoms with Gasteiger partial charge in [-0.2, -0.15) is 0 Å². The molecule has 0 aliphatic heterocycles. The van der Waals surface area contributed by atoms with Crippen LogP contribution < -0.4 is 4.90 Å². The number of carbonyl (C=O) groups excluding carboxylic acids is 1. The van der Waals surface area contributed by atoms with Gasteiger partial charge in [0.15, 0.2) is 5.78 Å². The smallest absolute Gasteiger partial charge is 0.183 e. The Morgan fingerprint density at radius 3 is 2.15 bits per heavy atom. The molecule has 0 atom stereocenters. The van der Waals surface area contributed by atoms with Gasteiger partial charge in [0.05, 0.1) is 6.54 Å². The van der Waals surface area contributed by atoms with Crippen molar-refractivity contribution in [2.24, 2.45) is 0 Å². The number of aryl methyl sites for hydroxylation is 4. The van der Waals surface area contributed by atoms with Crippen molar-refractivity contribution in [2.75, 3.05) is 18.5 Å². The van der Waals surface area contributed by atoms with Crippen LogP contribution in [-0.2, 0) is 0 Å². The minimum Gasteiger partial charge on any atom is -0.367 e. The summed E-state index contributed by atoms with van der Waals surface area (Å²) in [4.78, 5) is 16.7. The first-order chi connectivity index (χ1) is 9.36. The van der Waals surface area contributed by atoms with Crippen molar-refractivity contribution in [3.8, 4) is 0 Å². The molecule has 0 spiro atoms. The summed E-state index contributed by atoms with van der Waals surface area (Å²) in [6.07, 6.45) is 0. The van der Waals surface area contributed by atoms with E-state index >= 15 is 0 Å². The zero-order valence-corrected chi connectivity index (χ0v) is 13.6. The number of carbonyl (C=O) groups is 1. The zero-order valence-electron chi connectivity index (χ0n) is 12.8. The number of benzene rings is 1. The van der Waals surface area contributed by atoms with Gasteiger partial charge >= 0.3 is 0 Å². The average molecular weight is 287 g/mol. The SMILES string of the molecule is Cc1cc(C)cc(N(C)CC(=O)c2cc(C)sc2C)c1. The second kappa shape index (κ2) is 5.80. The van der Waals surface area contributed by atoms with Gasteiger partial charge in [0.25, 0.3) is 0 Å². The molecule has 0 unspecified atom stereocenters. The van der Waals surface area contributed by atoms with Crippen LogP contribution in [0.5, 0.6) is 0 Å². The summed E-state index contributed by atoms with van der Waals surface area (Å²) < 4.78 is 0. The quantitative estimate of drug-likeness (QED) is 0.781. The molecule has 1 heterocycles. The van der Waals surface area contributed by atoms with Crippen LogP contribution in [0.25, 0.3) is 0 Å². The number of Topliss-reactive ketones (excluding diaryl/α,β-unsaturated/α-hetero) is 1. The predicted octanol–water partition coefficient (Wildman–Crippen LogP) is 4.30. The maximum absolute atomic E-state index is 12.4. The van der Waals surface area contributed by atoms with Crippen LogP contribution in [0, 0.1) is 27.7 Å². The van der Waals surface area contributed by atoms with E-state index in [1.165, 1.54) is 16.0 Å². The molecule has 2 nitrogen and oxygen atoms in total. The highest BCUT2D eigenvalue weighted by molar-refractivity contribution is 7.12. The number of hydrogen-bond donors (Lipinski definition) is 0. The molecule has 0 fully saturated rings. The van der Waals surface area contributed by atoms with Crippen LogP contribution >= 0.6 is 11.3 Å². The third-order valence-electron chi connectivity index (χ3n) is 3.37. The van der Waals surface area contributed by atoms with Crippen molar-refractivity contribution in [3.05, 3.63) is 50.7 Å². The number of thiophene rings is 1. The Morgan fingerprint density at radius 2 is 1.65 bits per heavy atom. The van der Waals surface area contributed by atoms with Gasteiger partial charge in [-0.05, 0) is 57.0 Å². The van der Waals surface area contributed by atoms with E-state index in [0.717, 1.165) is 16.1 Å². The summed E-state index contributed by atoms with van der Waals surface area (Å²) in [7, 11) is 1.97. The van der Waals surface area contributed by atoms with Crippen LogP contribution in [0.2, 0.25) is 0 Å². The normalized spacial score (nSPS) is 10.7. The highest BCUT2D eigenvalue weighted by Gasteiger charge is 2.14.